The summed E-state index contributed by atoms with van der Waals surface area (Å²) in [4.78, 5) is 33.5. The molecule has 2 heterocycles. The number of aromatic nitrogens is 1. The Morgan fingerprint density at radius 2 is 1.95 bits per heavy atom. The van der Waals surface area contributed by atoms with Gasteiger partial charge >= 0.3 is 5.97 Å². The molecule has 1 N–H and O–H groups in total. The highest BCUT2D eigenvalue weighted by molar-refractivity contribution is 9.10. The second-order valence-electron chi connectivity index (χ2n) is 10.9. The summed E-state index contributed by atoms with van der Waals surface area (Å²) in [5, 5.41) is 4.55. The molecule has 0 aliphatic carbocycles. The zero-order chi connectivity index (χ0) is 28.2. The second kappa shape index (κ2) is 12.5. The standard InChI is InChI=1S/C31H35BrClN3O3/c1-20-28(24-18-22(32)13-14-26(24)35-29(20)36-16-8-5-9-17-36)30(38)34-19-21(23-10-6-7-11-25(23)33)12-15-27(37)39-31(2,3)4/h5-8,10-11,13-14,18,21H,9,12,15-17,19H2,1-4H3,(H,34,38). The number of hydrogen-bond acceptors (Lipinski definition) is 5. The molecule has 39 heavy (non-hydrogen) atoms. The molecule has 4 rings (SSSR count). The molecule has 3 aromatic rings. The number of rotatable bonds is 8. The Morgan fingerprint density at radius 3 is 2.64 bits per heavy atom. The molecule has 206 valence electrons. The van der Waals surface area contributed by atoms with Crippen molar-refractivity contribution in [2.45, 2.75) is 58.5 Å². The SMILES string of the molecule is Cc1c(N2CC=CCC2)nc2ccc(Br)cc2c1C(=O)NCC(CCC(=O)OC(C)(C)C)c1ccccc1Cl. The number of fused-ring (bicyclic) bond motifs is 1. The van der Waals surface area contributed by atoms with Gasteiger partial charge in [0, 0.05) is 52.4 Å². The van der Waals surface area contributed by atoms with Gasteiger partial charge in [-0.2, -0.15) is 0 Å². The van der Waals surface area contributed by atoms with E-state index in [1.54, 1.807) is 0 Å². The molecular formula is C31H35BrClN3O3. The van der Waals surface area contributed by atoms with Crippen LogP contribution in [0, 0.1) is 6.92 Å². The Kier molecular flexibility index (Phi) is 9.34. The third-order valence-corrected chi connectivity index (χ3v) is 7.56. The van der Waals surface area contributed by atoms with Crippen molar-refractivity contribution in [3.8, 4) is 0 Å². The summed E-state index contributed by atoms with van der Waals surface area (Å²) < 4.78 is 6.39. The van der Waals surface area contributed by atoms with Crippen LogP contribution in [0.5, 0.6) is 0 Å². The first-order valence-electron chi connectivity index (χ1n) is 13.3. The van der Waals surface area contributed by atoms with E-state index in [2.05, 4.69) is 38.3 Å². The number of carbonyl (C=O) groups is 2. The number of esters is 1. The first kappa shape index (κ1) is 29.1. The molecular weight excluding hydrogens is 578 g/mol. The Hall–Kier alpha value is -2.90. The van der Waals surface area contributed by atoms with Crippen molar-refractivity contribution < 1.29 is 14.3 Å². The third kappa shape index (κ3) is 7.40. The monoisotopic (exact) mass is 611 g/mol. The molecule has 6 nitrogen and oxygen atoms in total. The van der Waals surface area contributed by atoms with Crippen LogP contribution in [-0.2, 0) is 9.53 Å². The van der Waals surface area contributed by atoms with Crippen LogP contribution in [0.15, 0.2) is 59.1 Å². The molecule has 1 unspecified atom stereocenters. The number of amides is 1. The lowest BCUT2D eigenvalue weighted by molar-refractivity contribution is -0.155. The number of nitrogens with one attached hydrogen (secondary N) is 1. The summed E-state index contributed by atoms with van der Waals surface area (Å²) in [5.41, 5.74) is 2.56. The Bertz CT molecular complexity index is 1400. The van der Waals surface area contributed by atoms with Crippen LogP contribution in [0.4, 0.5) is 5.82 Å². The maximum absolute atomic E-state index is 13.9. The maximum atomic E-state index is 13.9. The van der Waals surface area contributed by atoms with Gasteiger partial charge in [-0.05, 0) is 70.4 Å². The zero-order valence-electron chi connectivity index (χ0n) is 22.9. The fraction of sp³-hybridized carbons (Fsp3) is 0.387. The van der Waals surface area contributed by atoms with E-state index in [-0.39, 0.29) is 24.2 Å². The highest BCUT2D eigenvalue weighted by atomic mass is 79.9. The van der Waals surface area contributed by atoms with Crippen molar-refractivity contribution >= 4 is 56.1 Å². The van der Waals surface area contributed by atoms with Gasteiger partial charge in [-0.1, -0.05) is 57.9 Å². The third-order valence-electron chi connectivity index (χ3n) is 6.72. The molecule has 1 aliphatic heterocycles. The highest BCUT2D eigenvalue weighted by Crippen LogP contribution is 2.32. The molecule has 0 saturated carbocycles. The van der Waals surface area contributed by atoms with Gasteiger partial charge in [0.1, 0.15) is 11.4 Å². The summed E-state index contributed by atoms with van der Waals surface area (Å²) >= 11 is 10.1. The summed E-state index contributed by atoms with van der Waals surface area (Å²) in [6.07, 6.45) is 5.96. The summed E-state index contributed by atoms with van der Waals surface area (Å²) in [6.45, 7) is 9.46. The first-order valence-corrected chi connectivity index (χ1v) is 14.4. The van der Waals surface area contributed by atoms with Gasteiger partial charge in [0.25, 0.3) is 5.91 Å². The lowest BCUT2D eigenvalue weighted by Gasteiger charge is -2.28. The summed E-state index contributed by atoms with van der Waals surface area (Å²) in [7, 11) is 0. The first-order chi connectivity index (χ1) is 18.5. The second-order valence-corrected chi connectivity index (χ2v) is 12.2. The van der Waals surface area contributed by atoms with Gasteiger partial charge in [0.2, 0.25) is 0 Å². The van der Waals surface area contributed by atoms with Gasteiger partial charge in [0.15, 0.2) is 0 Å². The fourth-order valence-corrected chi connectivity index (χ4v) is 5.57. The molecule has 0 radical (unpaired) electrons. The molecule has 1 aliphatic rings. The van der Waals surface area contributed by atoms with Crippen LogP contribution in [0.25, 0.3) is 10.9 Å². The van der Waals surface area contributed by atoms with E-state index in [9.17, 15) is 9.59 Å². The van der Waals surface area contributed by atoms with Crippen LogP contribution in [0.1, 0.15) is 67.4 Å². The normalized spacial score (nSPS) is 14.4. The largest absolute Gasteiger partial charge is 0.460 e. The van der Waals surface area contributed by atoms with Crippen molar-refractivity contribution in [2.75, 3.05) is 24.5 Å². The highest BCUT2D eigenvalue weighted by Gasteiger charge is 2.24. The predicted molar refractivity (Wildman–Crippen MR) is 162 cm³/mol. The summed E-state index contributed by atoms with van der Waals surface area (Å²) in [6, 6.07) is 13.4. The van der Waals surface area contributed by atoms with Crippen LogP contribution in [-0.4, -0.2) is 42.1 Å². The number of benzene rings is 2. The van der Waals surface area contributed by atoms with Crippen molar-refractivity contribution in [2.24, 2.45) is 0 Å². The number of ether oxygens (including phenoxy) is 1. The van der Waals surface area contributed by atoms with Gasteiger partial charge in [-0.3, -0.25) is 9.59 Å². The lowest BCUT2D eigenvalue weighted by atomic mass is 9.93. The summed E-state index contributed by atoms with van der Waals surface area (Å²) in [5.74, 6) is 0.210. The minimum absolute atomic E-state index is 0.165. The Balaban J connectivity index is 1.62. The molecule has 8 heteroatoms. The van der Waals surface area contributed by atoms with Crippen LogP contribution in [0.3, 0.4) is 0 Å². The van der Waals surface area contributed by atoms with Crippen LogP contribution in [0.2, 0.25) is 5.02 Å². The van der Waals surface area contributed by atoms with Gasteiger partial charge in [-0.25, -0.2) is 4.98 Å². The van der Waals surface area contributed by atoms with Crippen molar-refractivity contribution in [1.29, 1.82) is 0 Å². The molecule has 1 atom stereocenters. The van der Waals surface area contributed by atoms with E-state index in [1.807, 2.05) is 70.2 Å². The van der Waals surface area contributed by atoms with Crippen molar-refractivity contribution in [1.82, 2.24) is 10.3 Å². The number of nitrogens with zero attached hydrogens (tertiary/aromatic N) is 2. The average molecular weight is 613 g/mol. The molecule has 0 fully saturated rings. The van der Waals surface area contributed by atoms with E-state index >= 15 is 0 Å². The van der Waals surface area contributed by atoms with E-state index in [0.717, 1.165) is 51.8 Å². The number of hydrogen-bond donors (Lipinski definition) is 1. The molecule has 1 aromatic heterocycles. The minimum Gasteiger partial charge on any atom is -0.460 e. The fourth-order valence-electron chi connectivity index (χ4n) is 4.91. The number of carbonyl (C=O) groups excluding carboxylic acids is 2. The van der Waals surface area contributed by atoms with E-state index < -0.39 is 5.60 Å². The van der Waals surface area contributed by atoms with E-state index in [4.69, 9.17) is 21.3 Å². The Morgan fingerprint density at radius 1 is 1.18 bits per heavy atom. The molecule has 0 spiro atoms. The van der Waals surface area contributed by atoms with Gasteiger partial charge < -0.3 is 15.0 Å². The Labute approximate surface area is 243 Å². The van der Waals surface area contributed by atoms with Crippen molar-refractivity contribution in [3.63, 3.8) is 0 Å². The van der Waals surface area contributed by atoms with E-state index in [0.29, 0.717) is 23.6 Å². The zero-order valence-corrected chi connectivity index (χ0v) is 25.2. The van der Waals surface area contributed by atoms with E-state index in [1.165, 1.54) is 0 Å². The number of halogens is 2. The molecule has 1 amide bonds. The lowest BCUT2D eigenvalue weighted by Crippen LogP contribution is -2.32. The number of anilines is 1. The topological polar surface area (TPSA) is 71.5 Å². The molecule has 0 saturated heterocycles. The molecule has 0 bridgehead atoms. The van der Waals surface area contributed by atoms with Crippen LogP contribution < -0.4 is 10.2 Å². The quantitative estimate of drug-likeness (QED) is 0.213. The average Bonchev–Trinajstić information content (AvgIpc) is 2.88. The number of pyridine rings is 1. The van der Waals surface area contributed by atoms with Crippen LogP contribution >= 0.6 is 27.5 Å². The molecule has 2 aromatic carbocycles. The maximum Gasteiger partial charge on any atom is 0.306 e. The van der Waals surface area contributed by atoms with Gasteiger partial charge in [-0.15, -0.1) is 0 Å². The predicted octanol–water partition coefficient (Wildman–Crippen LogP) is 7.36. The smallest absolute Gasteiger partial charge is 0.306 e. The van der Waals surface area contributed by atoms with Crippen molar-refractivity contribution in [3.05, 3.63) is 80.8 Å². The minimum atomic E-state index is -0.554. The van der Waals surface area contributed by atoms with Gasteiger partial charge in [0.05, 0.1) is 11.1 Å².